The van der Waals surface area contributed by atoms with Gasteiger partial charge < -0.3 is 10.6 Å². The third kappa shape index (κ3) is 5.07. The van der Waals surface area contributed by atoms with E-state index in [4.69, 9.17) is 0 Å². The summed E-state index contributed by atoms with van der Waals surface area (Å²) in [7, 11) is 0. The Morgan fingerprint density at radius 1 is 1.30 bits per heavy atom. The minimum Gasteiger partial charge on any atom is -0.350 e. The maximum atomic E-state index is 11.6. The number of thiazole rings is 1. The molecule has 1 aromatic heterocycles. The predicted octanol–water partition coefficient (Wildman–Crippen LogP) is 3.31. The Kier molecular flexibility index (Phi) is 6.18. The average Bonchev–Trinajstić information content (AvgIpc) is 2.95. The van der Waals surface area contributed by atoms with Gasteiger partial charge in [0.2, 0.25) is 11.8 Å². The number of aromatic nitrogens is 1. The van der Waals surface area contributed by atoms with Gasteiger partial charge in [-0.2, -0.15) is 11.8 Å². The zero-order valence-corrected chi connectivity index (χ0v) is 14.9. The molecule has 23 heavy (non-hydrogen) atoms. The van der Waals surface area contributed by atoms with Crippen molar-refractivity contribution < 1.29 is 9.59 Å². The summed E-state index contributed by atoms with van der Waals surface area (Å²) in [6, 6.07) is 7.85. The average molecular weight is 349 g/mol. The standard InChI is InChI=1S/C16H19N3O2S2/c1-10(17-11(2)20)12-4-6-13(7-5-12)14-8-23-16(18-14)19-15(21)9-22-3/h4-8,10H,9H2,1-3H3,(H,17,20)(H,18,19,21). The Morgan fingerprint density at radius 2 is 2.00 bits per heavy atom. The first-order valence-electron chi connectivity index (χ1n) is 7.11. The Balaban J connectivity index is 2.06. The van der Waals surface area contributed by atoms with Gasteiger partial charge in [0.05, 0.1) is 17.5 Å². The molecular weight excluding hydrogens is 330 g/mol. The summed E-state index contributed by atoms with van der Waals surface area (Å²) in [6.07, 6.45) is 1.89. The molecule has 2 rings (SSSR count). The number of carbonyl (C=O) groups excluding carboxylic acids is 2. The van der Waals surface area contributed by atoms with Crippen LogP contribution in [0.1, 0.15) is 25.5 Å². The van der Waals surface area contributed by atoms with Crippen LogP contribution in [0.2, 0.25) is 0 Å². The fourth-order valence-electron chi connectivity index (χ4n) is 2.08. The van der Waals surface area contributed by atoms with Crippen molar-refractivity contribution in [1.82, 2.24) is 10.3 Å². The summed E-state index contributed by atoms with van der Waals surface area (Å²) in [6.45, 7) is 3.45. The normalized spacial score (nSPS) is 11.8. The van der Waals surface area contributed by atoms with E-state index in [9.17, 15) is 9.59 Å². The van der Waals surface area contributed by atoms with Crippen LogP contribution in [0, 0.1) is 0 Å². The lowest BCUT2D eigenvalue weighted by Crippen LogP contribution is -2.23. The van der Waals surface area contributed by atoms with Crippen molar-refractivity contribution in [3.8, 4) is 11.3 Å². The lowest BCUT2D eigenvalue weighted by atomic mass is 10.1. The number of nitrogens with one attached hydrogen (secondary N) is 2. The number of amides is 2. The molecule has 2 amide bonds. The number of hydrogen-bond acceptors (Lipinski definition) is 5. The van der Waals surface area contributed by atoms with E-state index < -0.39 is 0 Å². The second kappa shape index (κ2) is 8.12. The molecule has 1 unspecified atom stereocenters. The van der Waals surface area contributed by atoms with Crippen LogP contribution >= 0.6 is 23.1 Å². The molecule has 2 N–H and O–H groups in total. The predicted molar refractivity (Wildman–Crippen MR) is 96.8 cm³/mol. The van der Waals surface area contributed by atoms with Crippen LogP contribution in [0.15, 0.2) is 29.6 Å². The number of carbonyl (C=O) groups is 2. The smallest absolute Gasteiger partial charge is 0.236 e. The number of hydrogen-bond donors (Lipinski definition) is 2. The van der Waals surface area contributed by atoms with Crippen LogP contribution in [-0.4, -0.2) is 28.8 Å². The van der Waals surface area contributed by atoms with Gasteiger partial charge in [-0.15, -0.1) is 11.3 Å². The number of nitrogens with zero attached hydrogens (tertiary/aromatic N) is 1. The molecule has 0 saturated carbocycles. The van der Waals surface area contributed by atoms with Gasteiger partial charge in [-0.25, -0.2) is 4.98 Å². The lowest BCUT2D eigenvalue weighted by Gasteiger charge is -2.12. The maximum absolute atomic E-state index is 11.6. The molecule has 0 spiro atoms. The molecule has 0 saturated heterocycles. The molecule has 0 aliphatic heterocycles. The summed E-state index contributed by atoms with van der Waals surface area (Å²) in [5.74, 6) is 0.328. The quantitative estimate of drug-likeness (QED) is 0.839. The van der Waals surface area contributed by atoms with Crippen molar-refractivity contribution in [2.45, 2.75) is 19.9 Å². The fourth-order valence-corrected chi connectivity index (χ4v) is 3.15. The maximum Gasteiger partial charge on any atom is 0.236 e. The molecule has 1 heterocycles. The van der Waals surface area contributed by atoms with Gasteiger partial charge in [-0.3, -0.25) is 9.59 Å². The second-order valence-corrected chi connectivity index (χ2v) is 6.79. The van der Waals surface area contributed by atoms with Crippen molar-refractivity contribution in [3.63, 3.8) is 0 Å². The van der Waals surface area contributed by atoms with E-state index in [0.717, 1.165) is 16.8 Å². The van der Waals surface area contributed by atoms with E-state index in [0.29, 0.717) is 10.9 Å². The van der Waals surface area contributed by atoms with Crippen molar-refractivity contribution >= 4 is 40.0 Å². The zero-order chi connectivity index (χ0) is 16.8. The second-order valence-electron chi connectivity index (χ2n) is 5.06. The van der Waals surface area contributed by atoms with Crippen LogP contribution in [0.3, 0.4) is 0 Å². The number of benzene rings is 1. The Hall–Kier alpha value is -1.86. The summed E-state index contributed by atoms with van der Waals surface area (Å²) in [4.78, 5) is 27.1. The molecule has 5 nitrogen and oxygen atoms in total. The molecule has 0 aliphatic carbocycles. The molecule has 2 aromatic rings. The van der Waals surface area contributed by atoms with Crippen LogP contribution in [0.4, 0.5) is 5.13 Å². The van der Waals surface area contributed by atoms with Crippen molar-refractivity contribution in [1.29, 1.82) is 0 Å². The molecule has 0 fully saturated rings. The minimum absolute atomic E-state index is 0.0293. The molecule has 7 heteroatoms. The number of anilines is 1. The third-order valence-corrected chi connectivity index (χ3v) is 4.46. The molecular formula is C16H19N3O2S2. The van der Waals surface area contributed by atoms with Gasteiger partial charge in [-0.1, -0.05) is 24.3 Å². The Morgan fingerprint density at radius 3 is 2.61 bits per heavy atom. The van der Waals surface area contributed by atoms with Crippen LogP contribution in [0.25, 0.3) is 11.3 Å². The van der Waals surface area contributed by atoms with Crippen LogP contribution < -0.4 is 10.6 Å². The molecule has 0 radical (unpaired) electrons. The van der Waals surface area contributed by atoms with E-state index in [2.05, 4.69) is 15.6 Å². The fraction of sp³-hybridized carbons (Fsp3) is 0.312. The summed E-state index contributed by atoms with van der Waals surface area (Å²) < 4.78 is 0. The summed E-state index contributed by atoms with van der Waals surface area (Å²) in [5, 5.41) is 8.16. The largest absolute Gasteiger partial charge is 0.350 e. The van der Waals surface area contributed by atoms with Gasteiger partial charge in [0.1, 0.15) is 0 Å². The highest BCUT2D eigenvalue weighted by Crippen LogP contribution is 2.26. The van der Waals surface area contributed by atoms with Gasteiger partial charge in [0, 0.05) is 17.9 Å². The molecule has 1 atom stereocenters. The molecule has 0 aliphatic rings. The van der Waals surface area contributed by atoms with Gasteiger partial charge in [0.15, 0.2) is 5.13 Å². The van der Waals surface area contributed by atoms with E-state index in [1.807, 2.05) is 42.8 Å². The first kappa shape index (κ1) is 17.5. The van der Waals surface area contributed by atoms with E-state index in [1.54, 1.807) is 0 Å². The monoisotopic (exact) mass is 349 g/mol. The van der Waals surface area contributed by atoms with E-state index >= 15 is 0 Å². The van der Waals surface area contributed by atoms with Crippen LogP contribution in [-0.2, 0) is 9.59 Å². The zero-order valence-electron chi connectivity index (χ0n) is 13.3. The third-order valence-electron chi connectivity index (χ3n) is 3.15. The highest BCUT2D eigenvalue weighted by Gasteiger charge is 2.10. The van der Waals surface area contributed by atoms with E-state index in [-0.39, 0.29) is 17.9 Å². The Bertz CT molecular complexity index is 683. The number of rotatable bonds is 6. The SMILES string of the molecule is CSCC(=O)Nc1nc(-c2ccc(C(C)NC(C)=O)cc2)cs1. The summed E-state index contributed by atoms with van der Waals surface area (Å²) >= 11 is 2.88. The van der Waals surface area contributed by atoms with Crippen LogP contribution in [0.5, 0.6) is 0 Å². The first-order chi connectivity index (χ1) is 11.0. The number of thioether (sulfide) groups is 1. The molecule has 122 valence electrons. The summed E-state index contributed by atoms with van der Waals surface area (Å²) in [5.41, 5.74) is 2.84. The first-order valence-corrected chi connectivity index (χ1v) is 9.38. The van der Waals surface area contributed by atoms with Crippen molar-refractivity contribution in [2.24, 2.45) is 0 Å². The van der Waals surface area contributed by atoms with E-state index in [1.165, 1.54) is 30.0 Å². The van der Waals surface area contributed by atoms with Gasteiger partial charge in [0.25, 0.3) is 0 Å². The highest BCUT2D eigenvalue weighted by molar-refractivity contribution is 7.99. The minimum atomic E-state index is -0.0493. The molecule has 0 bridgehead atoms. The Labute approximate surface area is 143 Å². The topological polar surface area (TPSA) is 71.1 Å². The van der Waals surface area contributed by atoms with Gasteiger partial charge >= 0.3 is 0 Å². The van der Waals surface area contributed by atoms with Crippen molar-refractivity contribution in [2.75, 3.05) is 17.3 Å². The van der Waals surface area contributed by atoms with Crippen molar-refractivity contribution in [3.05, 3.63) is 35.2 Å². The highest BCUT2D eigenvalue weighted by atomic mass is 32.2. The lowest BCUT2D eigenvalue weighted by molar-refractivity contribution is -0.119. The van der Waals surface area contributed by atoms with Gasteiger partial charge in [-0.05, 0) is 18.7 Å². The molecule has 1 aromatic carbocycles.